The van der Waals surface area contributed by atoms with Crippen LogP contribution in [-0.4, -0.2) is 24.7 Å². The zero-order chi connectivity index (χ0) is 12.5. The summed E-state index contributed by atoms with van der Waals surface area (Å²) in [4.78, 5) is -0.0651. The second-order valence-corrected chi connectivity index (χ2v) is 5.24. The maximum absolute atomic E-state index is 11.3. The molecule has 1 aromatic rings. The molecule has 0 aliphatic rings. The number of aliphatic hydroxyl groups excluding tert-OH is 1. The fourth-order valence-electron chi connectivity index (χ4n) is 1.81. The fraction of sp³-hybridized carbons (Fsp3) is 0.455. The van der Waals surface area contributed by atoms with Gasteiger partial charge in [-0.25, -0.2) is 0 Å². The van der Waals surface area contributed by atoms with Crippen molar-refractivity contribution in [1.82, 2.24) is 0 Å². The predicted octanol–water partition coefficient (Wildman–Crippen LogP) is 1.39. The van der Waals surface area contributed by atoms with E-state index in [2.05, 4.69) is 0 Å². The monoisotopic (exact) mass is 244 g/mol. The van der Waals surface area contributed by atoms with Gasteiger partial charge < -0.3 is 5.11 Å². The largest absolute Gasteiger partial charge is 0.396 e. The average molecular weight is 244 g/mol. The summed E-state index contributed by atoms with van der Waals surface area (Å²) in [5.41, 5.74) is 2.80. The molecule has 0 atom stereocenters. The standard InChI is InChI=1S/C11H16O4S/c1-7-6-10(4-5-12)11(16(13,14)15)9(3)8(7)2/h6,12H,4-5H2,1-3H3,(H,13,14,15). The van der Waals surface area contributed by atoms with Gasteiger partial charge in [-0.1, -0.05) is 6.07 Å². The Hall–Kier alpha value is -0.910. The second-order valence-electron chi connectivity index (χ2n) is 3.88. The quantitative estimate of drug-likeness (QED) is 0.788. The van der Waals surface area contributed by atoms with Crippen LogP contribution < -0.4 is 0 Å². The highest BCUT2D eigenvalue weighted by atomic mass is 32.2. The Morgan fingerprint density at radius 2 is 1.75 bits per heavy atom. The van der Waals surface area contributed by atoms with Gasteiger partial charge in [0, 0.05) is 6.61 Å². The second kappa shape index (κ2) is 4.53. The molecular formula is C11H16O4S. The first kappa shape index (κ1) is 13.2. The Balaban J connectivity index is 3.61. The zero-order valence-electron chi connectivity index (χ0n) is 9.61. The topological polar surface area (TPSA) is 74.6 Å². The van der Waals surface area contributed by atoms with E-state index in [0.717, 1.165) is 11.1 Å². The van der Waals surface area contributed by atoms with Crippen LogP contribution in [0.3, 0.4) is 0 Å². The molecule has 0 amide bonds. The Labute approximate surface area is 95.7 Å². The fourth-order valence-corrected chi connectivity index (χ4v) is 2.84. The third-order valence-electron chi connectivity index (χ3n) is 2.82. The molecule has 0 saturated carbocycles. The molecule has 90 valence electrons. The Bertz CT molecular complexity index is 503. The van der Waals surface area contributed by atoms with E-state index in [1.807, 2.05) is 13.8 Å². The number of rotatable bonds is 3. The number of aryl methyl sites for hydroxylation is 1. The van der Waals surface area contributed by atoms with Gasteiger partial charge in [0.05, 0.1) is 0 Å². The van der Waals surface area contributed by atoms with Gasteiger partial charge in [0.1, 0.15) is 4.90 Å². The molecule has 0 heterocycles. The summed E-state index contributed by atoms with van der Waals surface area (Å²) in [5, 5.41) is 8.88. The van der Waals surface area contributed by atoms with Crippen molar-refractivity contribution in [3.05, 3.63) is 28.3 Å². The molecule has 0 spiro atoms. The van der Waals surface area contributed by atoms with Crippen molar-refractivity contribution in [2.24, 2.45) is 0 Å². The van der Waals surface area contributed by atoms with Gasteiger partial charge in [-0.05, 0) is 49.4 Å². The minimum absolute atomic E-state index is 0.0651. The van der Waals surface area contributed by atoms with E-state index in [1.165, 1.54) is 0 Å². The molecule has 0 aromatic heterocycles. The van der Waals surface area contributed by atoms with Gasteiger partial charge in [-0.3, -0.25) is 4.55 Å². The maximum atomic E-state index is 11.3. The van der Waals surface area contributed by atoms with Gasteiger partial charge in [0.2, 0.25) is 0 Å². The van der Waals surface area contributed by atoms with Crippen molar-refractivity contribution in [2.45, 2.75) is 32.1 Å². The molecule has 0 bridgehead atoms. The smallest absolute Gasteiger partial charge is 0.295 e. The molecule has 2 N–H and O–H groups in total. The lowest BCUT2D eigenvalue weighted by Gasteiger charge is -2.14. The molecule has 0 radical (unpaired) electrons. The summed E-state index contributed by atoms with van der Waals surface area (Å²) >= 11 is 0. The van der Waals surface area contributed by atoms with E-state index in [9.17, 15) is 13.0 Å². The van der Waals surface area contributed by atoms with Crippen molar-refractivity contribution in [2.75, 3.05) is 6.61 Å². The predicted molar refractivity (Wildman–Crippen MR) is 61.3 cm³/mol. The van der Waals surface area contributed by atoms with Gasteiger partial charge >= 0.3 is 0 Å². The number of aliphatic hydroxyl groups is 1. The molecule has 0 fully saturated rings. The van der Waals surface area contributed by atoms with Crippen molar-refractivity contribution in [3.63, 3.8) is 0 Å². The first-order valence-electron chi connectivity index (χ1n) is 4.97. The number of hydrogen-bond donors (Lipinski definition) is 2. The average Bonchev–Trinajstić information content (AvgIpc) is 2.12. The van der Waals surface area contributed by atoms with Crippen LogP contribution in [0.4, 0.5) is 0 Å². The van der Waals surface area contributed by atoms with Crippen molar-refractivity contribution >= 4 is 10.1 Å². The van der Waals surface area contributed by atoms with Crippen molar-refractivity contribution < 1.29 is 18.1 Å². The molecule has 0 saturated heterocycles. The number of benzene rings is 1. The van der Waals surface area contributed by atoms with E-state index in [1.54, 1.807) is 13.0 Å². The van der Waals surface area contributed by atoms with Crippen molar-refractivity contribution in [1.29, 1.82) is 0 Å². The summed E-state index contributed by atoms with van der Waals surface area (Å²) in [6.07, 6.45) is 0.219. The molecule has 5 heteroatoms. The third kappa shape index (κ3) is 2.42. The van der Waals surface area contributed by atoms with Gasteiger partial charge in [0.15, 0.2) is 0 Å². The summed E-state index contributed by atoms with van der Waals surface area (Å²) < 4.78 is 31.8. The molecule has 1 aromatic carbocycles. The summed E-state index contributed by atoms with van der Waals surface area (Å²) in [7, 11) is -4.24. The molecule has 0 unspecified atom stereocenters. The zero-order valence-corrected chi connectivity index (χ0v) is 10.4. The van der Waals surface area contributed by atoms with Crippen molar-refractivity contribution in [3.8, 4) is 0 Å². The van der Waals surface area contributed by atoms with Crippen LogP contribution in [0.1, 0.15) is 22.3 Å². The van der Waals surface area contributed by atoms with Crippen LogP contribution >= 0.6 is 0 Å². The highest BCUT2D eigenvalue weighted by Crippen LogP contribution is 2.26. The lowest BCUT2D eigenvalue weighted by atomic mass is 9.99. The van der Waals surface area contributed by atoms with Gasteiger partial charge in [-0.2, -0.15) is 8.42 Å². The van der Waals surface area contributed by atoms with E-state index < -0.39 is 10.1 Å². The van der Waals surface area contributed by atoms with E-state index in [0.29, 0.717) is 11.1 Å². The Morgan fingerprint density at radius 1 is 1.19 bits per heavy atom. The third-order valence-corrected chi connectivity index (χ3v) is 3.90. The van der Waals surface area contributed by atoms with Crippen LogP contribution in [0.25, 0.3) is 0 Å². The normalized spacial score (nSPS) is 11.8. The SMILES string of the molecule is Cc1cc(CCO)c(S(=O)(=O)O)c(C)c1C. The van der Waals surface area contributed by atoms with Gasteiger partial charge in [-0.15, -0.1) is 0 Å². The lowest BCUT2D eigenvalue weighted by Crippen LogP contribution is -2.09. The van der Waals surface area contributed by atoms with Crippen LogP contribution in [-0.2, 0) is 16.5 Å². The summed E-state index contributed by atoms with van der Waals surface area (Å²) in [5.74, 6) is 0. The van der Waals surface area contributed by atoms with E-state index >= 15 is 0 Å². The minimum Gasteiger partial charge on any atom is -0.396 e. The molecule has 4 nitrogen and oxygen atoms in total. The van der Waals surface area contributed by atoms with Crippen LogP contribution in [0.2, 0.25) is 0 Å². The van der Waals surface area contributed by atoms with Crippen LogP contribution in [0, 0.1) is 20.8 Å². The Morgan fingerprint density at radius 3 is 2.19 bits per heavy atom. The van der Waals surface area contributed by atoms with E-state index in [4.69, 9.17) is 5.11 Å². The first-order valence-corrected chi connectivity index (χ1v) is 6.41. The molecule has 1 rings (SSSR count). The first-order chi connectivity index (χ1) is 7.29. The lowest BCUT2D eigenvalue weighted by molar-refractivity contribution is 0.298. The Kier molecular flexibility index (Phi) is 3.72. The number of hydrogen-bond acceptors (Lipinski definition) is 3. The highest BCUT2D eigenvalue weighted by Gasteiger charge is 2.20. The van der Waals surface area contributed by atoms with Crippen LogP contribution in [0.15, 0.2) is 11.0 Å². The molecular weight excluding hydrogens is 228 g/mol. The molecule has 16 heavy (non-hydrogen) atoms. The van der Waals surface area contributed by atoms with E-state index in [-0.39, 0.29) is 17.9 Å². The minimum atomic E-state index is -4.24. The summed E-state index contributed by atoms with van der Waals surface area (Å²) in [6.45, 7) is 5.19. The molecule has 0 aliphatic carbocycles. The highest BCUT2D eigenvalue weighted by molar-refractivity contribution is 7.86. The molecule has 0 aliphatic heterocycles. The summed E-state index contributed by atoms with van der Waals surface area (Å²) in [6, 6.07) is 1.70. The van der Waals surface area contributed by atoms with Crippen LogP contribution in [0.5, 0.6) is 0 Å². The maximum Gasteiger partial charge on any atom is 0.295 e. The van der Waals surface area contributed by atoms with Gasteiger partial charge in [0.25, 0.3) is 10.1 Å².